The first-order valence-corrected chi connectivity index (χ1v) is 6.16. The Morgan fingerprint density at radius 1 is 1.35 bits per heavy atom. The predicted octanol–water partition coefficient (Wildman–Crippen LogP) is 3.29. The minimum atomic E-state index is -1.09. The maximum atomic E-state index is 13.0. The van der Waals surface area contributed by atoms with E-state index in [9.17, 15) is 14.3 Å². The minimum absolute atomic E-state index is 0.0358. The van der Waals surface area contributed by atoms with Crippen LogP contribution >= 0.6 is 0 Å². The summed E-state index contributed by atoms with van der Waals surface area (Å²) in [5, 5.41) is 9.31. The molecule has 0 aliphatic rings. The summed E-state index contributed by atoms with van der Waals surface area (Å²) >= 11 is 0. The molecule has 0 spiro atoms. The van der Waals surface area contributed by atoms with Crippen molar-refractivity contribution in [2.75, 3.05) is 6.61 Å². The lowest BCUT2D eigenvalue weighted by Gasteiger charge is -2.14. The number of carboxylic acids is 1. The first kappa shape index (κ1) is 14.0. The fraction of sp³-hybridized carbons (Fsp3) is 0.200. The molecular formula is C15H14FNO3. The van der Waals surface area contributed by atoms with E-state index in [-0.39, 0.29) is 17.1 Å². The number of halogens is 1. The van der Waals surface area contributed by atoms with Gasteiger partial charge in [-0.2, -0.15) is 0 Å². The zero-order valence-electron chi connectivity index (χ0n) is 11.2. The number of aromatic carboxylic acids is 1. The summed E-state index contributed by atoms with van der Waals surface area (Å²) in [6, 6.07) is 5.75. The number of pyridine rings is 1. The molecule has 0 saturated carbocycles. The second-order valence-electron chi connectivity index (χ2n) is 4.21. The van der Waals surface area contributed by atoms with Crippen LogP contribution < -0.4 is 4.74 Å². The largest absolute Gasteiger partial charge is 0.492 e. The number of rotatable bonds is 4. The molecule has 0 bridgehead atoms. The van der Waals surface area contributed by atoms with Crippen LogP contribution in [0.15, 0.2) is 30.5 Å². The fourth-order valence-electron chi connectivity index (χ4n) is 1.96. The first-order valence-electron chi connectivity index (χ1n) is 6.16. The maximum absolute atomic E-state index is 13.0. The molecule has 0 aliphatic carbocycles. The molecule has 0 aliphatic heterocycles. The van der Waals surface area contributed by atoms with Gasteiger partial charge in [0.15, 0.2) is 0 Å². The van der Waals surface area contributed by atoms with Crippen molar-refractivity contribution in [3.8, 4) is 16.9 Å². The number of carbonyl (C=O) groups is 1. The number of nitrogens with zero attached hydrogens (tertiary/aromatic N) is 1. The van der Waals surface area contributed by atoms with Crippen molar-refractivity contribution in [3.05, 3.63) is 47.5 Å². The van der Waals surface area contributed by atoms with Crippen LogP contribution in [0.5, 0.6) is 5.75 Å². The normalized spacial score (nSPS) is 10.3. The highest BCUT2D eigenvalue weighted by atomic mass is 19.1. The van der Waals surface area contributed by atoms with E-state index in [0.29, 0.717) is 23.4 Å². The minimum Gasteiger partial charge on any atom is -0.492 e. The lowest BCUT2D eigenvalue weighted by Crippen LogP contribution is -2.08. The molecule has 4 nitrogen and oxygen atoms in total. The predicted molar refractivity (Wildman–Crippen MR) is 72.5 cm³/mol. The Labute approximate surface area is 115 Å². The van der Waals surface area contributed by atoms with E-state index in [2.05, 4.69) is 4.98 Å². The molecule has 1 N–H and O–H groups in total. The van der Waals surface area contributed by atoms with Crippen LogP contribution in [0.3, 0.4) is 0 Å². The Balaban J connectivity index is 2.66. The van der Waals surface area contributed by atoms with Gasteiger partial charge in [-0.05, 0) is 31.5 Å². The van der Waals surface area contributed by atoms with E-state index in [4.69, 9.17) is 4.74 Å². The van der Waals surface area contributed by atoms with Gasteiger partial charge in [-0.25, -0.2) is 9.18 Å². The lowest BCUT2D eigenvalue weighted by atomic mass is 10.0. The third-order valence-corrected chi connectivity index (χ3v) is 2.88. The van der Waals surface area contributed by atoms with Crippen molar-refractivity contribution < 1.29 is 19.0 Å². The third-order valence-electron chi connectivity index (χ3n) is 2.88. The molecule has 0 radical (unpaired) electrons. The highest BCUT2D eigenvalue weighted by molar-refractivity contribution is 5.95. The number of hydrogen-bond donors (Lipinski definition) is 1. The number of benzene rings is 1. The van der Waals surface area contributed by atoms with Gasteiger partial charge in [-0.15, -0.1) is 0 Å². The van der Waals surface area contributed by atoms with E-state index >= 15 is 0 Å². The van der Waals surface area contributed by atoms with Crippen LogP contribution in [0.2, 0.25) is 0 Å². The molecule has 0 unspecified atom stereocenters. The van der Waals surface area contributed by atoms with E-state index < -0.39 is 5.97 Å². The van der Waals surface area contributed by atoms with E-state index in [1.165, 1.54) is 12.1 Å². The highest BCUT2D eigenvalue weighted by Gasteiger charge is 2.20. The van der Waals surface area contributed by atoms with E-state index in [1.54, 1.807) is 32.2 Å². The summed E-state index contributed by atoms with van der Waals surface area (Å²) in [7, 11) is 0. The number of aromatic nitrogens is 1. The van der Waals surface area contributed by atoms with Gasteiger partial charge < -0.3 is 9.84 Å². The summed E-state index contributed by atoms with van der Waals surface area (Å²) in [5.41, 5.74) is 1.61. The van der Waals surface area contributed by atoms with Crippen LogP contribution in [0.25, 0.3) is 11.1 Å². The Kier molecular flexibility index (Phi) is 3.98. The van der Waals surface area contributed by atoms with Crippen molar-refractivity contribution in [1.29, 1.82) is 0 Å². The number of aryl methyl sites for hydroxylation is 1. The molecular weight excluding hydrogens is 261 g/mol. The van der Waals surface area contributed by atoms with Crippen LogP contribution in [0.1, 0.15) is 23.0 Å². The van der Waals surface area contributed by atoms with Gasteiger partial charge in [0.05, 0.1) is 12.3 Å². The SMILES string of the molecule is CCOc1c(-c2ccc(F)cc2)cnc(C)c1C(=O)O. The Hall–Kier alpha value is -2.43. The molecule has 0 fully saturated rings. The van der Waals surface area contributed by atoms with Crippen LogP contribution in [0, 0.1) is 12.7 Å². The maximum Gasteiger partial charge on any atom is 0.341 e. The van der Waals surface area contributed by atoms with Gasteiger partial charge in [0.1, 0.15) is 17.1 Å². The van der Waals surface area contributed by atoms with Gasteiger partial charge >= 0.3 is 5.97 Å². The first-order chi connectivity index (χ1) is 9.54. The van der Waals surface area contributed by atoms with Crippen LogP contribution in [-0.2, 0) is 0 Å². The van der Waals surface area contributed by atoms with Crippen molar-refractivity contribution in [2.45, 2.75) is 13.8 Å². The Bertz CT molecular complexity index is 638. The molecule has 1 aromatic heterocycles. The molecule has 2 rings (SSSR count). The van der Waals surface area contributed by atoms with Gasteiger partial charge in [0.25, 0.3) is 0 Å². The smallest absolute Gasteiger partial charge is 0.341 e. The van der Waals surface area contributed by atoms with E-state index in [0.717, 1.165) is 0 Å². The molecule has 2 aromatic rings. The number of hydrogen-bond acceptors (Lipinski definition) is 3. The quantitative estimate of drug-likeness (QED) is 0.930. The zero-order valence-corrected chi connectivity index (χ0v) is 11.2. The summed E-state index contributed by atoms with van der Waals surface area (Å²) in [4.78, 5) is 15.5. The van der Waals surface area contributed by atoms with Crippen molar-refractivity contribution in [3.63, 3.8) is 0 Å². The highest BCUT2D eigenvalue weighted by Crippen LogP contribution is 2.34. The average molecular weight is 275 g/mol. The fourth-order valence-corrected chi connectivity index (χ4v) is 1.96. The molecule has 1 aromatic carbocycles. The Morgan fingerprint density at radius 3 is 2.55 bits per heavy atom. The second-order valence-corrected chi connectivity index (χ2v) is 4.21. The van der Waals surface area contributed by atoms with Crippen molar-refractivity contribution >= 4 is 5.97 Å². The number of ether oxygens (including phenoxy) is 1. The summed E-state index contributed by atoms with van der Waals surface area (Å²) in [5.74, 6) is -1.19. The average Bonchev–Trinajstić information content (AvgIpc) is 2.40. The van der Waals surface area contributed by atoms with Gasteiger partial charge in [-0.1, -0.05) is 12.1 Å². The van der Waals surface area contributed by atoms with Crippen molar-refractivity contribution in [1.82, 2.24) is 4.98 Å². The third kappa shape index (κ3) is 2.61. The molecule has 5 heteroatoms. The summed E-state index contributed by atoms with van der Waals surface area (Å²) in [6.45, 7) is 3.72. The molecule has 1 heterocycles. The summed E-state index contributed by atoms with van der Waals surface area (Å²) < 4.78 is 18.5. The molecule has 20 heavy (non-hydrogen) atoms. The molecule has 104 valence electrons. The van der Waals surface area contributed by atoms with Crippen molar-refractivity contribution in [2.24, 2.45) is 0 Å². The van der Waals surface area contributed by atoms with E-state index in [1.807, 2.05) is 0 Å². The standard InChI is InChI=1S/C15H14FNO3/c1-3-20-14-12(10-4-6-11(16)7-5-10)8-17-9(2)13(14)15(18)19/h4-8H,3H2,1-2H3,(H,18,19). The molecule has 0 atom stereocenters. The van der Waals surface area contributed by atoms with Crippen LogP contribution in [0.4, 0.5) is 4.39 Å². The second kappa shape index (κ2) is 5.69. The molecule has 0 saturated heterocycles. The Morgan fingerprint density at radius 2 is 2.00 bits per heavy atom. The zero-order chi connectivity index (χ0) is 14.7. The topological polar surface area (TPSA) is 59.4 Å². The number of carboxylic acid groups (broad SMARTS) is 1. The van der Waals surface area contributed by atoms with Gasteiger partial charge in [0.2, 0.25) is 0 Å². The lowest BCUT2D eigenvalue weighted by molar-refractivity contribution is 0.0691. The summed E-state index contributed by atoms with van der Waals surface area (Å²) in [6.07, 6.45) is 1.54. The monoisotopic (exact) mass is 275 g/mol. The molecule has 0 amide bonds. The van der Waals surface area contributed by atoms with Gasteiger partial charge in [0, 0.05) is 11.8 Å². The van der Waals surface area contributed by atoms with Crippen LogP contribution in [-0.4, -0.2) is 22.7 Å². The van der Waals surface area contributed by atoms with Gasteiger partial charge in [-0.3, -0.25) is 4.98 Å².